The van der Waals surface area contributed by atoms with Crippen molar-refractivity contribution in [3.63, 3.8) is 0 Å². The van der Waals surface area contributed by atoms with Gasteiger partial charge >= 0.3 is 12.1 Å². The fourth-order valence-corrected chi connectivity index (χ4v) is 5.52. The van der Waals surface area contributed by atoms with Crippen molar-refractivity contribution in [1.29, 1.82) is 0 Å². The van der Waals surface area contributed by atoms with E-state index in [1.165, 1.54) is 22.3 Å². The van der Waals surface area contributed by atoms with E-state index in [9.17, 15) is 14.4 Å². The first kappa shape index (κ1) is 21.5. The summed E-state index contributed by atoms with van der Waals surface area (Å²) in [4.78, 5) is 37.9. The summed E-state index contributed by atoms with van der Waals surface area (Å²) in [5, 5.41) is 11.9. The highest BCUT2D eigenvalue weighted by Crippen LogP contribution is 2.44. The van der Waals surface area contributed by atoms with Crippen LogP contribution >= 0.6 is 0 Å². The van der Waals surface area contributed by atoms with Gasteiger partial charge in [-0.25, -0.2) is 4.79 Å². The molecule has 1 aliphatic heterocycles. The monoisotopic (exact) mass is 448 g/mol. The molecular formula is C26H28N2O5. The van der Waals surface area contributed by atoms with Crippen LogP contribution in [0.4, 0.5) is 4.79 Å². The Morgan fingerprint density at radius 3 is 2.24 bits per heavy atom. The maximum Gasteiger partial charge on any atom is 0.407 e. The molecule has 1 saturated carbocycles. The molecule has 2 aromatic carbocycles. The Morgan fingerprint density at radius 2 is 1.61 bits per heavy atom. The standard InChI is InChI=1S/C26H28N2O5/c29-24(28-13-17(14-28)25(30)31)18-11-5-6-16(18)12-27-26(32)33-15-23-21-9-3-1-7-19(21)20-8-2-4-10-22(20)23/h1-4,7-10,16-18,23H,5-6,11-15H2,(H,27,32)(H,30,31). The van der Waals surface area contributed by atoms with Crippen molar-refractivity contribution < 1.29 is 24.2 Å². The molecule has 2 aliphatic carbocycles. The SMILES string of the molecule is O=C(NCC1CCCC1C(=O)N1CC(C(=O)O)C1)OCC1c2ccccc2-c2ccccc21. The van der Waals surface area contributed by atoms with Gasteiger partial charge < -0.3 is 20.1 Å². The minimum atomic E-state index is -0.848. The number of benzene rings is 2. The second-order valence-electron chi connectivity index (χ2n) is 9.28. The topological polar surface area (TPSA) is 95.9 Å². The Bertz CT molecular complexity index is 1030. The van der Waals surface area contributed by atoms with Crippen molar-refractivity contribution >= 4 is 18.0 Å². The lowest BCUT2D eigenvalue weighted by atomic mass is 9.91. The molecule has 0 aromatic heterocycles. The zero-order chi connectivity index (χ0) is 22.9. The van der Waals surface area contributed by atoms with Crippen molar-refractivity contribution in [3.05, 3.63) is 59.7 Å². The Balaban J connectivity index is 1.14. The molecule has 0 radical (unpaired) electrons. The summed E-state index contributed by atoms with van der Waals surface area (Å²) in [6, 6.07) is 16.4. The van der Waals surface area contributed by atoms with Gasteiger partial charge in [-0.3, -0.25) is 9.59 Å². The number of nitrogens with zero attached hydrogens (tertiary/aromatic N) is 1. The zero-order valence-corrected chi connectivity index (χ0v) is 18.4. The molecule has 7 nitrogen and oxygen atoms in total. The zero-order valence-electron chi connectivity index (χ0n) is 18.4. The number of hydrogen-bond acceptors (Lipinski definition) is 4. The van der Waals surface area contributed by atoms with Gasteiger partial charge in [0, 0.05) is 31.5 Å². The second-order valence-corrected chi connectivity index (χ2v) is 9.28. The number of nitrogens with one attached hydrogen (secondary N) is 1. The molecule has 1 heterocycles. The molecular weight excluding hydrogens is 420 g/mol. The fraction of sp³-hybridized carbons (Fsp3) is 0.423. The number of carbonyl (C=O) groups excluding carboxylic acids is 2. The lowest BCUT2D eigenvalue weighted by molar-refractivity contribution is -0.155. The highest BCUT2D eigenvalue weighted by molar-refractivity contribution is 5.83. The average Bonchev–Trinajstić information content (AvgIpc) is 3.38. The van der Waals surface area contributed by atoms with Crippen LogP contribution in [0.25, 0.3) is 11.1 Å². The smallest absolute Gasteiger partial charge is 0.407 e. The minimum Gasteiger partial charge on any atom is -0.481 e. The van der Waals surface area contributed by atoms with Crippen LogP contribution in [0.5, 0.6) is 0 Å². The van der Waals surface area contributed by atoms with E-state index in [4.69, 9.17) is 9.84 Å². The molecule has 2 atom stereocenters. The number of carboxylic acid groups (broad SMARTS) is 1. The summed E-state index contributed by atoms with van der Waals surface area (Å²) in [5.41, 5.74) is 4.71. The van der Waals surface area contributed by atoms with Crippen LogP contribution in [-0.2, 0) is 14.3 Å². The Morgan fingerprint density at radius 1 is 0.970 bits per heavy atom. The third-order valence-corrected chi connectivity index (χ3v) is 7.37. The van der Waals surface area contributed by atoms with E-state index in [0.29, 0.717) is 6.54 Å². The quantitative estimate of drug-likeness (QED) is 0.705. The summed E-state index contributed by atoms with van der Waals surface area (Å²) in [7, 11) is 0. The highest BCUT2D eigenvalue weighted by Gasteiger charge is 2.42. The number of alkyl carbamates (subject to hydrolysis) is 1. The van der Waals surface area contributed by atoms with E-state index in [-0.39, 0.29) is 43.4 Å². The number of fused-ring (bicyclic) bond motifs is 3. The lowest BCUT2D eigenvalue weighted by Crippen LogP contribution is -2.55. The van der Waals surface area contributed by atoms with Crippen LogP contribution in [0, 0.1) is 17.8 Å². The second kappa shape index (κ2) is 8.89. The predicted molar refractivity (Wildman–Crippen MR) is 122 cm³/mol. The van der Waals surface area contributed by atoms with Gasteiger partial charge in [-0.2, -0.15) is 0 Å². The Hall–Kier alpha value is -3.35. The molecule has 1 saturated heterocycles. The van der Waals surface area contributed by atoms with Crippen LogP contribution in [0.3, 0.4) is 0 Å². The van der Waals surface area contributed by atoms with Gasteiger partial charge in [0.15, 0.2) is 0 Å². The molecule has 3 aliphatic rings. The van der Waals surface area contributed by atoms with E-state index < -0.39 is 18.0 Å². The van der Waals surface area contributed by atoms with Crippen molar-refractivity contribution in [3.8, 4) is 11.1 Å². The van der Waals surface area contributed by atoms with Gasteiger partial charge in [0.2, 0.25) is 5.91 Å². The van der Waals surface area contributed by atoms with Gasteiger partial charge in [-0.1, -0.05) is 55.0 Å². The van der Waals surface area contributed by atoms with Crippen molar-refractivity contribution in [1.82, 2.24) is 10.2 Å². The van der Waals surface area contributed by atoms with Gasteiger partial charge in [0.25, 0.3) is 0 Å². The maximum atomic E-state index is 12.8. The Labute approximate surface area is 192 Å². The summed E-state index contributed by atoms with van der Waals surface area (Å²) in [6.45, 7) is 1.23. The number of ether oxygens (including phenoxy) is 1. The molecule has 7 heteroatoms. The molecule has 2 aromatic rings. The van der Waals surface area contributed by atoms with E-state index in [0.717, 1.165) is 19.3 Å². The molecule has 0 spiro atoms. The van der Waals surface area contributed by atoms with Gasteiger partial charge in [0.05, 0.1) is 5.92 Å². The number of aliphatic carboxylic acids is 1. The maximum absolute atomic E-state index is 12.8. The molecule has 172 valence electrons. The number of rotatable bonds is 6. The third kappa shape index (κ3) is 4.08. The van der Waals surface area contributed by atoms with E-state index >= 15 is 0 Å². The molecule has 5 rings (SSSR count). The summed E-state index contributed by atoms with van der Waals surface area (Å²) in [5.74, 6) is -1.37. The first-order chi connectivity index (χ1) is 16.0. The first-order valence-corrected chi connectivity index (χ1v) is 11.6. The molecule has 0 bridgehead atoms. The lowest BCUT2D eigenvalue weighted by Gasteiger charge is -2.39. The molecule has 2 N–H and O–H groups in total. The normalized spacial score (nSPS) is 21.8. The molecule has 33 heavy (non-hydrogen) atoms. The molecule has 2 amide bonds. The summed E-state index contributed by atoms with van der Waals surface area (Å²) < 4.78 is 5.60. The summed E-state index contributed by atoms with van der Waals surface area (Å²) >= 11 is 0. The predicted octanol–water partition coefficient (Wildman–Crippen LogP) is 3.48. The number of carbonyl (C=O) groups is 3. The highest BCUT2D eigenvalue weighted by atomic mass is 16.5. The fourth-order valence-electron chi connectivity index (χ4n) is 5.52. The van der Waals surface area contributed by atoms with Crippen molar-refractivity contribution in [2.75, 3.05) is 26.2 Å². The van der Waals surface area contributed by atoms with Crippen LogP contribution in [-0.4, -0.2) is 54.2 Å². The largest absolute Gasteiger partial charge is 0.481 e. The van der Waals surface area contributed by atoms with Crippen LogP contribution < -0.4 is 5.32 Å². The first-order valence-electron chi connectivity index (χ1n) is 11.6. The van der Waals surface area contributed by atoms with E-state index in [1.54, 1.807) is 4.90 Å². The number of likely N-dealkylation sites (tertiary alicyclic amines) is 1. The summed E-state index contributed by atoms with van der Waals surface area (Å²) in [6.07, 6.45) is 2.12. The van der Waals surface area contributed by atoms with Gasteiger partial charge in [-0.05, 0) is 41.0 Å². The third-order valence-electron chi connectivity index (χ3n) is 7.37. The number of amides is 2. The van der Waals surface area contributed by atoms with Gasteiger partial charge in [-0.15, -0.1) is 0 Å². The van der Waals surface area contributed by atoms with E-state index in [2.05, 4.69) is 29.6 Å². The Kier molecular flexibility index (Phi) is 5.79. The molecule has 2 unspecified atom stereocenters. The van der Waals surface area contributed by atoms with E-state index in [1.807, 2.05) is 24.3 Å². The van der Waals surface area contributed by atoms with Crippen LogP contribution in [0.2, 0.25) is 0 Å². The van der Waals surface area contributed by atoms with Gasteiger partial charge in [0.1, 0.15) is 6.61 Å². The van der Waals surface area contributed by atoms with Crippen molar-refractivity contribution in [2.24, 2.45) is 17.8 Å². The minimum absolute atomic E-state index is 0.0116. The van der Waals surface area contributed by atoms with Crippen molar-refractivity contribution in [2.45, 2.75) is 25.2 Å². The van der Waals surface area contributed by atoms with Crippen LogP contribution in [0.1, 0.15) is 36.3 Å². The molecule has 2 fully saturated rings. The average molecular weight is 449 g/mol. The number of hydrogen-bond donors (Lipinski definition) is 2. The number of carboxylic acids is 1. The van der Waals surface area contributed by atoms with Crippen LogP contribution in [0.15, 0.2) is 48.5 Å².